The number of halogens is 1. The molecule has 0 aromatic heterocycles. The molecule has 1 rings (SSSR count). The number of hydrogen-bond acceptors (Lipinski definition) is 3. The van der Waals surface area contributed by atoms with Gasteiger partial charge in [-0.3, -0.25) is 9.79 Å². The van der Waals surface area contributed by atoms with Gasteiger partial charge in [0.05, 0.1) is 13.1 Å². The zero-order chi connectivity index (χ0) is 19.8. The molecule has 0 aliphatic heterocycles. The summed E-state index contributed by atoms with van der Waals surface area (Å²) in [6, 6.07) is 8.15. The minimum Gasteiger partial charge on any atom is -0.492 e. The third-order valence-corrected chi connectivity index (χ3v) is 3.52. The van der Waals surface area contributed by atoms with Crippen molar-refractivity contribution < 1.29 is 9.53 Å². The topological polar surface area (TPSA) is 74.8 Å². The lowest BCUT2D eigenvalue weighted by Gasteiger charge is -2.21. The predicted octanol–water partition coefficient (Wildman–Crippen LogP) is 3.06. The molecule has 0 radical (unpaired) electrons. The highest BCUT2D eigenvalue weighted by atomic mass is 127. The molecule has 6 nitrogen and oxygen atoms in total. The maximum Gasteiger partial charge on any atom is 0.239 e. The smallest absolute Gasteiger partial charge is 0.239 e. The van der Waals surface area contributed by atoms with Gasteiger partial charge in [0.15, 0.2) is 5.96 Å². The second kappa shape index (κ2) is 11.4. The second-order valence-electron chi connectivity index (χ2n) is 8.28. The molecule has 1 aromatic carbocycles. The molecule has 0 fully saturated rings. The minimum absolute atomic E-state index is 0. The van der Waals surface area contributed by atoms with E-state index in [1.807, 2.05) is 32.9 Å². The van der Waals surface area contributed by atoms with E-state index in [4.69, 9.17) is 4.74 Å². The van der Waals surface area contributed by atoms with Crippen LogP contribution < -0.4 is 20.7 Å². The summed E-state index contributed by atoms with van der Waals surface area (Å²) in [4.78, 5) is 15.9. The Balaban J connectivity index is 0.00000676. The van der Waals surface area contributed by atoms with Crippen LogP contribution in [0.4, 0.5) is 0 Å². The number of carbonyl (C=O) groups excluding carboxylic acids is 1. The number of ether oxygens (including phenoxy) is 1. The lowest BCUT2D eigenvalue weighted by Crippen LogP contribution is -2.48. The van der Waals surface area contributed by atoms with E-state index in [9.17, 15) is 4.79 Å². The summed E-state index contributed by atoms with van der Waals surface area (Å²) in [6.07, 6.45) is 0. The first-order chi connectivity index (χ1) is 12.0. The number of amides is 1. The summed E-state index contributed by atoms with van der Waals surface area (Å²) in [5.74, 6) is 1.35. The Morgan fingerprint density at radius 2 is 1.78 bits per heavy atom. The van der Waals surface area contributed by atoms with Crippen LogP contribution in [0.3, 0.4) is 0 Å². The van der Waals surface area contributed by atoms with Crippen molar-refractivity contribution in [2.45, 2.75) is 52.5 Å². The largest absolute Gasteiger partial charge is 0.492 e. The van der Waals surface area contributed by atoms with E-state index < -0.39 is 0 Å². The van der Waals surface area contributed by atoms with E-state index in [0.29, 0.717) is 19.1 Å². The Morgan fingerprint density at radius 3 is 2.33 bits per heavy atom. The lowest BCUT2D eigenvalue weighted by atomic mass is 9.87. The zero-order valence-electron chi connectivity index (χ0n) is 17.6. The molecule has 0 unspecified atom stereocenters. The normalized spacial score (nSPS) is 12.0. The van der Waals surface area contributed by atoms with Crippen LogP contribution >= 0.6 is 24.0 Å². The number of hydrogen-bond donors (Lipinski definition) is 3. The van der Waals surface area contributed by atoms with Gasteiger partial charge in [0.1, 0.15) is 12.4 Å². The van der Waals surface area contributed by atoms with Gasteiger partial charge in [0.2, 0.25) is 5.91 Å². The van der Waals surface area contributed by atoms with Crippen molar-refractivity contribution in [3.63, 3.8) is 0 Å². The average molecular weight is 490 g/mol. The lowest BCUT2D eigenvalue weighted by molar-refractivity contribution is -0.121. The van der Waals surface area contributed by atoms with E-state index in [1.165, 1.54) is 5.56 Å². The van der Waals surface area contributed by atoms with Crippen molar-refractivity contribution in [3.8, 4) is 5.75 Å². The summed E-state index contributed by atoms with van der Waals surface area (Å²) < 4.78 is 5.80. The maximum atomic E-state index is 11.8. The van der Waals surface area contributed by atoms with Gasteiger partial charge in [-0.05, 0) is 43.9 Å². The quantitative estimate of drug-likeness (QED) is 0.248. The Hall–Kier alpha value is -1.51. The van der Waals surface area contributed by atoms with Crippen molar-refractivity contribution in [3.05, 3.63) is 29.8 Å². The average Bonchev–Trinajstić information content (AvgIpc) is 2.52. The molecule has 0 bridgehead atoms. The second-order valence-corrected chi connectivity index (χ2v) is 8.28. The molecule has 154 valence electrons. The van der Waals surface area contributed by atoms with Gasteiger partial charge < -0.3 is 20.7 Å². The van der Waals surface area contributed by atoms with Crippen LogP contribution in [0.25, 0.3) is 0 Å². The van der Waals surface area contributed by atoms with Gasteiger partial charge in [0.25, 0.3) is 0 Å². The van der Waals surface area contributed by atoms with Crippen LogP contribution in [-0.4, -0.2) is 44.1 Å². The fraction of sp³-hybridized carbons (Fsp3) is 0.600. The Bertz CT molecular complexity index is 619. The molecule has 0 atom stereocenters. The van der Waals surface area contributed by atoms with E-state index in [-0.39, 0.29) is 47.4 Å². The molecule has 0 aliphatic rings. The van der Waals surface area contributed by atoms with Crippen molar-refractivity contribution in [1.82, 2.24) is 16.0 Å². The number of carbonyl (C=O) groups is 1. The van der Waals surface area contributed by atoms with E-state index in [0.717, 1.165) is 5.75 Å². The summed E-state index contributed by atoms with van der Waals surface area (Å²) in [5.41, 5.74) is 1.09. The number of rotatable bonds is 6. The molecule has 27 heavy (non-hydrogen) atoms. The molecule has 3 N–H and O–H groups in total. The molecule has 0 aliphatic carbocycles. The van der Waals surface area contributed by atoms with Crippen LogP contribution in [0, 0.1) is 0 Å². The van der Waals surface area contributed by atoms with Crippen LogP contribution in [0.2, 0.25) is 0 Å². The first-order valence-corrected chi connectivity index (χ1v) is 9.00. The Labute approximate surface area is 181 Å². The number of benzene rings is 1. The van der Waals surface area contributed by atoms with Gasteiger partial charge in [0, 0.05) is 12.6 Å². The number of aliphatic imine (C=N–C) groups is 1. The highest BCUT2D eigenvalue weighted by molar-refractivity contribution is 14.0. The van der Waals surface area contributed by atoms with Gasteiger partial charge in [-0.25, -0.2) is 0 Å². The third-order valence-electron chi connectivity index (χ3n) is 3.52. The van der Waals surface area contributed by atoms with Crippen LogP contribution in [0.1, 0.15) is 47.1 Å². The molecule has 7 heteroatoms. The van der Waals surface area contributed by atoms with E-state index in [2.05, 4.69) is 53.8 Å². The zero-order valence-corrected chi connectivity index (χ0v) is 19.9. The molecule has 0 spiro atoms. The van der Waals surface area contributed by atoms with E-state index >= 15 is 0 Å². The maximum absolute atomic E-state index is 11.8. The first kappa shape index (κ1) is 25.5. The molecular weight excluding hydrogens is 455 g/mol. The SMILES string of the molecule is CN=C(NCCOc1cccc(C(C)(C)C)c1)NCC(=O)NC(C)(C)C.I. The molecule has 0 saturated carbocycles. The van der Waals surface area contributed by atoms with Gasteiger partial charge >= 0.3 is 0 Å². The fourth-order valence-corrected chi connectivity index (χ4v) is 2.24. The number of nitrogens with zero attached hydrogens (tertiary/aromatic N) is 1. The summed E-state index contributed by atoms with van der Waals surface area (Å²) >= 11 is 0. The minimum atomic E-state index is -0.245. The molecular formula is C20H35IN4O2. The number of guanidine groups is 1. The molecule has 0 heterocycles. The molecule has 0 saturated heterocycles. The van der Waals surface area contributed by atoms with Crippen molar-refractivity contribution >= 4 is 35.8 Å². The molecule has 1 amide bonds. The third kappa shape index (κ3) is 11.0. The van der Waals surface area contributed by atoms with Crippen LogP contribution in [0.15, 0.2) is 29.3 Å². The van der Waals surface area contributed by atoms with Gasteiger partial charge in [-0.15, -0.1) is 24.0 Å². The van der Waals surface area contributed by atoms with Crippen LogP contribution in [-0.2, 0) is 10.2 Å². The Kier molecular flexibility index (Phi) is 10.7. The van der Waals surface area contributed by atoms with Crippen LogP contribution in [0.5, 0.6) is 5.75 Å². The summed E-state index contributed by atoms with van der Waals surface area (Å²) in [6.45, 7) is 13.6. The highest BCUT2D eigenvalue weighted by Gasteiger charge is 2.14. The first-order valence-electron chi connectivity index (χ1n) is 9.00. The fourth-order valence-electron chi connectivity index (χ4n) is 2.24. The van der Waals surface area contributed by atoms with Crippen molar-refractivity contribution in [2.24, 2.45) is 4.99 Å². The van der Waals surface area contributed by atoms with E-state index in [1.54, 1.807) is 7.05 Å². The summed E-state index contributed by atoms with van der Waals surface area (Å²) in [5, 5.41) is 9.02. The summed E-state index contributed by atoms with van der Waals surface area (Å²) in [7, 11) is 1.67. The van der Waals surface area contributed by atoms with Gasteiger partial charge in [-0.1, -0.05) is 32.9 Å². The highest BCUT2D eigenvalue weighted by Crippen LogP contribution is 2.25. The number of nitrogens with one attached hydrogen (secondary N) is 3. The Morgan fingerprint density at radius 1 is 1.11 bits per heavy atom. The monoisotopic (exact) mass is 490 g/mol. The van der Waals surface area contributed by atoms with Crippen molar-refractivity contribution in [2.75, 3.05) is 26.7 Å². The van der Waals surface area contributed by atoms with Crippen molar-refractivity contribution in [1.29, 1.82) is 0 Å². The molecule has 1 aromatic rings. The van der Waals surface area contributed by atoms with Gasteiger partial charge in [-0.2, -0.15) is 0 Å². The predicted molar refractivity (Wildman–Crippen MR) is 123 cm³/mol. The standard InChI is InChI=1S/C20H34N4O2.HI/c1-19(2,3)15-9-8-10-16(13-15)26-12-11-22-18(21-7)23-14-17(25)24-20(4,5)6;/h8-10,13H,11-12,14H2,1-7H3,(H,24,25)(H2,21,22,23);1H.